The van der Waals surface area contributed by atoms with Gasteiger partial charge >= 0.3 is 0 Å². The lowest BCUT2D eigenvalue weighted by Crippen LogP contribution is -2.22. The van der Waals surface area contributed by atoms with Crippen molar-refractivity contribution in [3.8, 4) is 0 Å². The predicted octanol–water partition coefficient (Wildman–Crippen LogP) is 2.07. The molecule has 0 spiro atoms. The molecule has 1 rings (SSSR count). The minimum atomic E-state index is 0.727. The molecule has 0 saturated carbocycles. The van der Waals surface area contributed by atoms with E-state index in [4.69, 9.17) is 5.73 Å². The molecule has 1 aromatic rings. The molecule has 2 heteroatoms. The smallest absolute Gasteiger partial charge is 0.0376 e. The van der Waals surface area contributed by atoms with Crippen LogP contribution in [0.25, 0.3) is 0 Å². The fourth-order valence-electron chi connectivity index (χ4n) is 1.39. The van der Waals surface area contributed by atoms with E-state index >= 15 is 0 Å². The van der Waals surface area contributed by atoms with Gasteiger partial charge in [-0.3, -0.25) is 0 Å². The molecule has 0 unspecified atom stereocenters. The van der Waals surface area contributed by atoms with Crippen LogP contribution >= 0.6 is 0 Å². The Kier molecular flexibility index (Phi) is 5.27. The summed E-state index contributed by atoms with van der Waals surface area (Å²) in [7, 11) is 0. The molecule has 0 heterocycles. The molecule has 0 amide bonds. The van der Waals surface area contributed by atoms with Gasteiger partial charge in [0.05, 0.1) is 0 Å². The van der Waals surface area contributed by atoms with Gasteiger partial charge in [-0.05, 0) is 24.9 Å². The Morgan fingerprint density at radius 3 is 2.57 bits per heavy atom. The topological polar surface area (TPSA) is 38.0 Å². The van der Waals surface area contributed by atoms with Crippen molar-refractivity contribution >= 4 is 0 Å². The SMILES string of the molecule is CC[C](CCN)NCc1ccccc1. The minimum Gasteiger partial charge on any atom is -0.330 e. The van der Waals surface area contributed by atoms with E-state index in [-0.39, 0.29) is 0 Å². The number of rotatable bonds is 6. The monoisotopic (exact) mass is 191 g/mol. The fraction of sp³-hybridized carbons (Fsp3) is 0.417. The predicted molar refractivity (Wildman–Crippen MR) is 60.5 cm³/mol. The normalized spacial score (nSPS) is 10.8. The van der Waals surface area contributed by atoms with Crippen LogP contribution in [-0.4, -0.2) is 6.54 Å². The Bertz CT molecular complexity index is 233. The van der Waals surface area contributed by atoms with Crippen LogP contribution in [0.3, 0.4) is 0 Å². The van der Waals surface area contributed by atoms with Gasteiger partial charge in [-0.1, -0.05) is 37.3 Å². The average molecular weight is 191 g/mol. The maximum Gasteiger partial charge on any atom is 0.0376 e. The maximum absolute atomic E-state index is 5.51. The average Bonchev–Trinajstić information content (AvgIpc) is 2.25. The molecule has 0 aromatic heterocycles. The van der Waals surface area contributed by atoms with Gasteiger partial charge in [-0.25, -0.2) is 0 Å². The first kappa shape index (κ1) is 11.2. The van der Waals surface area contributed by atoms with Crippen LogP contribution in [0, 0.1) is 6.04 Å². The third-order valence-electron chi connectivity index (χ3n) is 2.26. The van der Waals surface area contributed by atoms with Crippen molar-refractivity contribution in [2.24, 2.45) is 5.73 Å². The summed E-state index contributed by atoms with van der Waals surface area (Å²) in [5.74, 6) is 0. The van der Waals surface area contributed by atoms with Gasteiger partial charge in [0.2, 0.25) is 0 Å². The highest BCUT2D eigenvalue weighted by Gasteiger charge is 2.04. The second-order valence-electron chi connectivity index (χ2n) is 3.33. The molecule has 1 aromatic carbocycles. The first-order valence-electron chi connectivity index (χ1n) is 5.19. The zero-order chi connectivity index (χ0) is 10.2. The standard InChI is InChI=1S/C12H19N2/c1-2-12(8-9-13)14-10-11-6-4-3-5-7-11/h3-7,14H,2,8-10,13H2,1H3. The summed E-state index contributed by atoms with van der Waals surface area (Å²) in [4.78, 5) is 0. The number of hydrogen-bond acceptors (Lipinski definition) is 2. The molecule has 0 aliphatic rings. The van der Waals surface area contributed by atoms with E-state index in [1.807, 2.05) is 6.07 Å². The van der Waals surface area contributed by atoms with Crippen LogP contribution in [0.1, 0.15) is 25.3 Å². The van der Waals surface area contributed by atoms with Crippen molar-refractivity contribution in [2.75, 3.05) is 6.54 Å². The lowest BCUT2D eigenvalue weighted by Gasteiger charge is -2.14. The van der Waals surface area contributed by atoms with Gasteiger partial charge in [0.25, 0.3) is 0 Å². The molecule has 0 saturated heterocycles. The summed E-state index contributed by atoms with van der Waals surface area (Å²) in [5, 5.41) is 3.42. The molecule has 0 atom stereocenters. The molecule has 2 nitrogen and oxygen atoms in total. The number of hydrogen-bond donors (Lipinski definition) is 2. The Morgan fingerprint density at radius 2 is 2.00 bits per heavy atom. The molecule has 14 heavy (non-hydrogen) atoms. The molecule has 77 valence electrons. The Balaban J connectivity index is 2.32. The van der Waals surface area contributed by atoms with Gasteiger partial charge in [0, 0.05) is 12.6 Å². The molecule has 0 aliphatic heterocycles. The Morgan fingerprint density at radius 1 is 1.29 bits per heavy atom. The molecule has 0 fully saturated rings. The van der Waals surface area contributed by atoms with Crippen LogP contribution in [0.4, 0.5) is 0 Å². The van der Waals surface area contributed by atoms with Gasteiger partial charge in [-0.2, -0.15) is 0 Å². The quantitative estimate of drug-likeness (QED) is 0.722. The molecule has 1 radical (unpaired) electrons. The number of benzene rings is 1. The lowest BCUT2D eigenvalue weighted by molar-refractivity contribution is 0.601. The first-order valence-corrected chi connectivity index (χ1v) is 5.19. The Labute approximate surface area is 86.5 Å². The largest absolute Gasteiger partial charge is 0.330 e. The minimum absolute atomic E-state index is 0.727. The summed E-state index contributed by atoms with van der Waals surface area (Å²) in [6, 6.07) is 11.8. The Hall–Kier alpha value is -0.860. The van der Waals surface area contributed by atoms with E-state index in [0.29, 0.717) is 0 Å². The van der Waals surface area contributed by atoms with Crippen LogP contribution < -0.4 is 11.1 Å². The second kappa shape index (κ2) is 6.57. The summed E-state index contributed by atoms with van der Waals surface area (Å²) >= 11 is 0. The van der Waals surface area contributed by atoms with Crippen molar-refractivity contribution in [3.63, 3.8) is 0 Å². The van der Waals surface area contributed by atoms with Crippen molar-refractivity contribution in [1.82, 2.24) is 5.32 Å². The van der Waals surface area contributed by atoms with Crippen LogP contribution in [0.5, 0.6) is 0 Å². The summed E-state index contributed by atoms with van der Waals surface area (Å²) in [6.45, 7) is 3.79. The van der Waals surface area contributed by atoms with E-state index in [1.54, 1.807) is 0 Å². The molecular weight excluding hydrogens is 172 g/mol. The third kappa shape index (κ3) is 3.90. The van der Waals surface area contributed by atoms with E-state index in [9.17, 15) is 0 Å². The van der Waals surface area contributed by atoms with Gasteiger partial charge in [-0.15, -0.1) is 0 Å². The zero-order valence-electron chi connectivity index (χ0n) is 8.79. The van der Waals surface area contributed by atoms with Crippen LogP contribution in [-0.2, 0) is 6.54 Å². The molecule has 0 bridgehead atoms. The van der Waals surface area contributed by atoms with Crippen LogP contribution in [0.2, 0.25) is 0 Å². The van der Waals surface area contributed by atoms with Gasteiger partial charge in [0.1, 0.15) is 0 Å². The van der Waals surface area contributed by atoms with Gasteiger partial charge < -0.3 is 11.1 Å². The van der Waals surface area contributed by atoms with Crippen molar-refractivity contribution < 1.29 is 0 Å². The fourth-order valence-corrected chi connectivity index (χ4v) is 1.39. The number of nitrogens with two attached hydrogens (primary N) is 1. The lowest BCUT2D eigenvalue weighted by atomic mass is 10.1. The van der Waals surface area contributed by atoms with Crippen molar-refractivity contribution in [3.05, 3.63) is 41.9 Å². The molecular formula is C12H19N2. The van der Waals surface area contributed by atoms with Crippen LogP contribution in [0.15, 0.2) is 30.3 Å². The first-order chi connectivity index (χ1) is 6.86. The molecule has 3 N–H and O–H groups in total. The summed E-state index contributed by atoms with van der Waals surface area (Å²) < 4.78 is 0. The zero-order valence-corrected chi connectivity index (χ0v) is 8.79. The van der Waals surface area contributed by atoms with Gasteiger partial charge in [0.15, 0.2) is 0 Å². The maximum atomic E-state index is 5.51. The third-order valence-corrected chi connectivity index (χ3v) is 2.26. The summed E-state index contributed by atoms with van der Waals surface area (Å²) in [5.41, 5.74) is 6.83. The highest BCUT2D eigenvalue weighted by Crippen LogP contribution is 2.07. The van der Waals surface area contributed by atoms with E-state index in [0.717, 1.165) is 25.9 Å². The van der Waals surface area contributed by atoms with E-state index < -0.39 is 0 Å². The molecule has 0 aliphatic carbocycles. The second-order valence-corrected chi connectivity index (χ2v) is 3.33. The van der Waals surface area contributed by atoms with Crippen molar-refractivity contribution in [1.29, 1.82) is 0 Å². The summed E-state index contributed by atoms with van der Waals surface area (Å²) in [6.07, 6.45) is 2.04. The van der Waals surface area contributed by atoms with E-state index in [2.05, 4.69) is 36.5 Å². The highest BCUT2D eigenvalue weighted by atomic mass is 14.9. The van der Waals surface area contributed by atoms with E-state index in [1.165, 1.54) is 11.6 Å². The number of nitrogens with one attached hydrogen (secondary N) is 1. The van der Waals surface area contributed by atoms with Crippen molar-refractivity contribution in [2.45, 2.75) is 26.3 Å². The highest BCUT2D eigenvalue weighted by molar-refractivity contribution is 5.14.